The molecule has 2 nitrogen and oxygen atoms in total. The first kappa shape index (κ1) is 17.4. The van der Waals surface area contributed by atoms with E-state index < -0.39 is 17.4 Å². The minimum atomic E-state index is -1.24. The average Bonchev–Trinajstić information content (AvgIpc) is 2.57. The summed E-state index contributed by atoms with van der Waals surface area (Å²) in [7, 11) is 0. The Morgan fingerprint density at radius 2 is 1.65 bits per heavy atom. The number of aryl methyl sites for hydroxylation is 1. The zero-order valence-electron chi connectivity index (χ0n) is 13.5. The molecule has 0 aliphatic heterocycles. The van der Waals surface area contributed by atoms with Gasteiger partial charge < -0.3 is 5.11 Å². The van der Waals surface area contributed by atoms with Gasteiger partial charge in [0.2, 0.25) is 5.82 Å². The van der Waals surface area contributed by atoms with Crippen LogP contribution in [-0.4, -0.2) is 10.1 Å². The molecule has 1 heterocycles. The van der Waals surface area contributed by atoms with Gasteiger partial charge in [-0.3, -0.25) is 4.98 Å². The third-order valence-electron chi connectivity index (χ3n) is 3.98. The van der Waals surface area contributed by atoms with Crippen LogP contribution in [0.1, 0.15) is 51.0 Å². The van der Waals surface area contributed by atoms with Crippen molar-refractivity contribution in [3.05, 3.63) is 47.7 Å². The number of benzene rings is 1. The second-order valence-corrected chi connectivity index (χ2v) is 5.83. The summed E-state index contributed by atoms with van der Waals surface area (Å²) in [6.07, 6.45) is 10.1. The first-order valence-electron chi connectivity index (χ1n) is 8.25. The van der Waals surface area contributed by atoms with Crippen LogP contribution in [0, 0.1) is 11.6 Å². The smallest absolute Gasteiger partial charge is 0.201 e. The number of hydrogen-bond donors (Lipinski definition) is 1. The fourth-order valence-electron chi connectivity index (χ4n) is 2.58. The van der Waals surface area contributed by atoms with Gasteiger partial charge in [0.1, 0.15) is 0 Å². The van der Waals surface area contributed by atoms with Gasteiger partial charge in [-0.05, 0) is 36.6 Å². The maximum absolute atomic E-state index is 13.8. The van der Waals surface area contributed by atoms with Gasteiger partial charge in [0.25, 0.3) is 0 Å². The highest BCUT2D eigenvalue weighted by Gasteiger charge is 2.14. The Labute approximate surface area is 136 Å². The van der Waals surface area contributed by atoms with Gasteiger partial charge in [0, 0.05) is 11.8 Å². The fourth-order valence-corrected chi connectivity index (χ4v) is 2.58. The highest BCUT2D eigenvalue weighted by atomic mass is 19.2. The second-order valence-electron chi connectivity index (χ2n) is 5.83. The average molecular weight is 319 g/mol. The first-order valence-corrected chi connectivity index (χ1v) is 8.25. The quantitative estimate of drug-likeness (QED) is 0.639. The van der Waals surface area contributed by atoms with Crippen molar-refractivity contribution in [2.45, 2.75) is 51.9 Å². The van der Waals surface area contributed by atoms with Crippen molar-refractivity contribution < 1.29 is 13.9 Å². The molecule has 0 unspecified atom stereocenters. The molecule has 0 atom stereocenters. The third-order valence-corrected chi connectivity index (χ3v) is 3.98. The number of hydrogen-bond acceptors (Lipinski definition) is 2. The fraction of sp³-hybridized carbons (Fsp3) is 0.421. The summed E-state index contributed by atoms with van der Waals surface area (Å²) in [6, 6.07) is 6.07. The Bertz CT molecular complexity index is 626. The van der Waals surface area contributed by atoms with Crippen LogP contribution in [0.15, 0.2) is 30.5 Å². The van der Waals surface area contributed by atoms with Crippen LogP contribution in [0.3, 0.4) is 0 Å². The molecule has 0 spiro atoms. The maximum Gasteiger partial charge on any atom is 0.201 e. The van der Waals surface area contributed by atoms with Crippen molar-refractivity contribution in [3.8, 4) is 17.0 Å². The van der Waals surface area contributed by atoms with Gasteiger partial charge in [-0.1, -0.05) is 45.1 Å². The lowest BCUT2D eigenvalue weighted by Crippen LogP contribution is -1.94. The number of pyridine rings is 1. The van der Waals surface area contributed by atoms with Crippen LogP contribution < -0.4 is 0 Å². The summed E-state index contributed by atoms with van der Waals surface area (Å²) in [4.78, 5) is 4.22. The number of halogens is 2. The number of aromatic hydroxyl groups is 1. The Morgan fingerprint density at radius 1 is 0.913 bits per heavy atom. The van der Waals surface area contributed by atoms with Crippen LogP contribution in [0.25, 0.3) is 11.3 Å². The molecule has 0 aliphatic rings. The highest BCUT2D eigenvalue weighted by Crippen LogP contribution is 2.28. The van der Waals surface area contributed by atoms with Gasteiger partial charge in [0.15, 0.2) is 11.6 Å². The molecule has 0 radical (unpaired) electrons. The molecule has 0 bridgehead atoms. The maximum atomic E-state index is 13.8. The molecular weight excluding hydrogens is 296 g/mol. The van der Waals surface area contributed by atoms with E-state index in [1.54, 1.807) is 12.3 Å². The Hall–Kier alpha value is -1.97. The zero-order chi connectivity index (χ0) is 16.7. The van der Waals surface area contributed by atoms with Crippen LogP contribution in [0.2, 0.25) is 0 Å². The van der Waals surface area contributed by atoms with Crippen LogP contribution in [0.5, 0.6) is 5.75 Å². The Morgan fingerprint density at radius 3 is 2.35 bits per heavy atom. The van der Waals surface area contributed by atoms with Crippen molar-refractivity contribution in [2.75, 3.05) is 0 Å². The molecular formula is C19H23F2NO. The van der Waals surface area contributed by atoms with Crippen LogP contribution in [0.4, 0.5) is 8.78 Å². The number of aromatic nitrogens is 1. The SMILES string of the molecule is CCCCCCCCc1ccc(-c2ccc(O)c(F)c2F)nc1. The number of rotatable bonds is 8. The molecule has 0 fully saturated rings. The highest BCUT2D eigenvalue weighted by molar-refractivity contribution is 5.61. The molecule has 1 aromatic carbocycles. The lowest BCUT2D eigenvalue weighted by atomic mass is 10.0. The van der Waals surface area contributed by atoms with Crippen molar-refractivity contribution >= 4 is 0 Å². The van der Waals surface area contributed by atoms with E-state index in [1.165, 1.54) is 38.2 Å². The lowest BCUT2D eigenvalue weighted by molar-refractivity contribution is 0.408. The third kappa shape index (κ3) is 4.75. The van der Waals surface area contributed by atoms with Gasteiger partial charge in [-0.2, -0.15) is 4.39 Å². The Kier molecular flexibility index (Phi) is 6.51. The molecule has 4 heteroatoms. The molecule has 1 aromatic heterocycles. The number of phenolic OH excluding ortho intramolecular Hbond substituents is 1. The lowest BCUT2D eigenvalue weighted by Gasteiger charge is -2.06. The molecule has 124 valence electrons. The molecule has 1 N–H and O–H groups in total. The predicted octanol–water partition coefficient (Wildman–Crippen LogP) is 5.64. The van der Waals surface area contributed by atoms with Crippen molar-refractivity contribution in [1.29, 1.82) is 0 Å². The molecule has 0 saturated heterocycles. The summed E-state index contributed by atoms with van der Waals surface area (Å²) in [5, 5.41) is 9.15. The standard InChI is InChI=1S/C19H23F2NO/c1-2-3-4-5-6-7-8-14-9-11-16(22-13-14)15-10-12-17(23)19(21)18(15)20/h9-13,23H,2-8H2,1H3. The minimum Gasteiger partial charge on any atom is -0.505 e. The van der Waals surface area contributed by atoms with E-state index in [-0.39, 0.29) is 5.56 Å². The zero-order valence-corrected chi connectivity index (χ0v) is 13.5. The summed E-state index contributed by atoms with van der Waals surface area (Å²) < 4.78 is 27.2. The minimum absolute atomic E-state index is 0.0615. The molecule has 0 saturated carbocycles. The summed E-state index contributed by atoms with van der Waals surface area (Å²) in [6.45, 7) is 2.20. The van der Waals surface area contributed by atoms with Crippen LogP contribution >= 0.6 is 0 Å². The molecule has 2 aromatic rings. The molecule has 23 heavy (non-hydrogen) atoms. The van der Waals surface area contributed by atoms with E-state index in [0.717, 1.165) is 24.5 Å². The monoisotopic (exact) mass is 319 g/mol. The van der Waals surface area contributed by atoms with E-state index in [9.17, 15) is 8.78 Å². The first-order chi connectivity index (χ1) is 11.1. The largest absolute Gasteiger partial charge is 0.505 e. The predicted molar refractivity (Wildman–Crippen MR) is 88.3 cm³/mol. The van der Waals surface area contributed by atoms with Gasteiger partial charge >= 0.3 is 0 Å². The van der Waals surface area contributed by atoms with Gasteiger partial charge in [-0.25, -0.2) is 4.39 Å². The van der Waals surface area contributed by atoms with E-state index in [2.05, 4.69) is 11.9 Å². The molecule has 0 aliphatic carbocycles. The van der Waals surface area contributed by atoms with Gasteiger partial charge in [0.05, 0.1) is 5.69 Å². The normalized spacial score (nSPS) is 10.9. The van der Waals surface area contributed by atoms with Crippen LogP contribution in [-0.2, 0) is 6.42 Å². The van der Waals surface area contributed by atoms with E-state index in [1.807, 2.05) is 6.07 Å². The topological polar surface area (TPSA) is 33.1 Å². The molecule has 0 amide bonds. The number of nitrogens with zero attached hydrogens (tertiary/aromatic N) is 1. The summed E-state index contributed by atoms with van der Waals surface area (Å²) in [5.74, 6) is -2.99. The Balaban J connectivity index is 1.93. The van der Waals surface area contributed by atoms with E-state index in [4.69, 9.17) is 5.11 Å². The molecule has 2 rings (SSSR count). The van der Waals surface area contributed by atoms with Crippen molar-refractivity contribution in [2.24, 2.45) is 0 Å². The number of phenols is 1. The summed E-state index contributed by atoms with van der Waals surface area (Å²) in [5.41, 5.74) is 1.53. The van der Waals surface area contributed by atoms with Crippen molar-refractivity contribution in [3.63, 3.8) is 0 Å². The van der Waals surface area contributed by atoms with Crippen molar-refractivity contribution in [1.82, 2.24) is 4.98 Å². The van der Waals surface area contributed by atoms with E-state index in [0.29, 0.717) is 5.69 Å². The number of unbranched alkanes of at least 4 members (excludes halogenated alkanes) is 5. The summed E-state index contributed by atoms with van der Waals surface area (Å²) >= 11 is 0. The van der Waals surface area contributed by atoms with Gasteiger partial charge in [-0.15, -0.1) is 0 Å². The van der Waals surface area contributed by atoms with E-state index >= 15 is 0 Å². The second kappa shape index (κ2) is 8.61.